The lowest BCUT2D eigenvalue weighted by molar-refractivity contribution is -0.121. The molecule has 3 N–H and O–H groups in total. The maximum atomic E-state index is 12.2. The summed E-state index contributed by atoms with van der Waals surface area (Å²) in [4.78, 5) is 14.5. The number of hydrogen-bond donors (Lipinski definition) is 2. The lowest BCUT2D eigenvalue weighted by atomic mass is 9.97. The zero-order chi connectivity index (χ0) is 12.5. The van der Waals surface area contributed by atoms with Gasteiger partial charge in [0.1, 0.15) is 0 Å². The van der Waals surface area contributed by atoms with Crippen LogP contribution in [-0.2, 0) is 11.2 Å². The molecule has 2 aliphatic heterocycles. The molecule has 4 nitrogen and oxygen atoms in total. The number of hydrogen-bond acceptors (Lipinski definition) is 4. The predicted molar refractivity (Wildman–Crippen MR) is 75.9 cm³/mol. The number of nitrogens with one attached hydrogen (secondary N) is 1. The second-order valence-corrected chi connectivity index (χ2v) is 5.96. The molecule has 2 heterocycles. The Labute approximate surface area is 111 Å². The molecule has 1 amide bonds. The molecular weight excluding hydrogens is 246 g/mol. The number of fused-ring (bicyclic) bond motifs is 1. The first kappa shape index (κ1) is 11.9. The van der Waals surface area contributed by atoms with Crippen LogP contribution in [0.25, 0.3) is 0 Å². The van der Waals surface area contributed by atoms with Crippen LogP contribution >= 0.6 is 11.8 Å². The van der Waals surface area contributed by atoms with Crippen molar-refractivity contribution in [2.45, 2.75) is 12.5 Å². The number of carbonyl (C=O) groups excluding carboxylic acids is 1. The molecular formula is C13H17N3OS. The Bertz CT molecular complexity index is 471. The molecule has 1 atom stereocenters. The smallest absolute Gasteiger partial charge is 0.242 e. The van der Waals surface area contributed by atoms with Gasteiger partial charge in [-0.25, -0.2) is 0 Å². The highest BCUT2D eigenvalue weighted by atomic mass is 32.2. The molecule has 1 aromatic rings. The van der Waals surface area contributed by atoms with Gasteiger partial charge in [0, 0.05) is 24.6 Å². The van der Waals surface area contributed by atoms with E-state index in [0.717, 1.165) is 42.3 Å². The molecule has 18 heavy (non-hydrogen) atoms. The third-order valence-corrected chi connectivity index (χ3v) is 4.58. The average Bonchev–Trinajstić information content (AvgIpc) is 2.40. The number of rotatable bonds is 1. The van der Waals surface area contributed by atoms with E-state index in [4.69, 9.17) is 5.73 Å². The summed E-state index contributed by atoms with van der Waals surface area (Å²) in [5, 5.41) is 2.96. The summed E-state index contributed by atoms with van der Waals surface area (Å²) in [6.07, 6.45) is 0.775. The van der Waals surface area contributed by atoms with Crippen LogP contribution in [0.3, 0.4) is 0 Å². The standard InChI is InChI=1S/C13H17N3OS/c14-10-3-1-2-9-8-11(13(17)15-12(9)10)16-4-6-18-7-5-16/h1-3,11H,4-8,14H2,(H,15,17). The number of para-hydroxylation sites is 1. The highest BCUT2D eigenvalue weighted by Gasteiger charge is 2.32. The molecule has 0 saturated carbocycles. The minimum Gasteiger partial charge on any atom is -0.397 e. The topological polar surface area (TPSA) is 58.4 Å². The largest absolute Gasteiger partial charge is 0.397 e. The Kier molecular flexibility index (Phi) is 3.18. The summed E-state index contributed by atoms with van der Waals surface area (Å²) in [6, 6.07) is 5.81. The third kappa shape index (κ3) is 2.08. The van der Waals surface area contributed by atoms with Gasteiger partial charge in [-0.15, -0.1) is 0 Å². The van der Waals surface area contributed by atoms with Crippen molar-refractivity contribution in [2.24, 2.45) is 0 Å². The highest BCUT2D eigenvalue weighted by Crippen LogP contribution is 2.30. The summed E-state index contributed by atoms with van der Waals surface area (Å²) >= 11 is 1.96. The van der Waals surface area contributed by atoms with Gasteiger partial charge in [-0.05, 0) is 18.1 Å². The van der Waals surface area contributed by atoms with E-state index >= 15 is 0 Å². The lowest BCUT2D eigenvalue weighted by Gasteiger charge is -2.36. The zero-order valence-electron chi connectivity index (χ0n) is 10.2. The normalized spacial score (nSPS) is 24.4. The molecule has 0 aromatic heterocycles. The molecule has 3 rings (SSSR count). The van der Waals surface area contributed by atoms with Gasteiger partial charge in [0.15, 0.2) is 0 Å². The number of benzene rings is 1. The number of nitrogens with two attached hydrogens (primary N) is 1. The van der Waals surface area contributed by atoms with Crippen LogP contribution in [0.2, 0.25) is 0 Å². The average molecular weight is 263 g/mol. The summed E-state index contributed by atoms with van der Waals surface area (Å²) in [5.41, 5.74) is 8.52. The van der Waals surface area contributed by atoms with Gasteiger partial charge in [-0.1, -0.05) is 12.1 Å². The summed E-state index contributed by atoms with van der Waals surface area (Å²) in [7, 11) is 0. The van der Waals surface area contributed by atoms with Crippen LogP contribution in [0, 0.1) is 0 Å². The number of amides is 1. The van der Waals surface area contributed by atoms with Crippen molar-refractivity contribution in [3.63, 3.8) is 0 Å². The van der Waals surface area contributed by atoms with Crippen molar-refractivity contribution >= 4 is 29.0 Å². The fourth-order valence-electron chi connectivity index (χ4n) is 2.63. The van der Waals surface area contributed by atoms with Crippen molar-refractivity contribution in [2.75, 3.05) is 35.6 Å². The quantitative estimate of drug-likeness (QED) is 0.747. The van der Waals surface area contributed by atoms with Crippen LogP contribution in [0.1, 0.15) is 5.56 Å². The van der Waals surface area contributed by atoms with E-state index in [1.54, 1.807) is 0 Å². The van der Waals surface area contributed by atoms with Gasteiger partial charge in [-0.2, -0.15) is 11.8 Å². The summed E-state index contributed by atoms with van der Waals surface area (Å²) < 4.78 is 0. The Morgan fingerprint density at radius 2 is 2.11 bits per heavy atom. The van der Waals surface area contributed by atoms with Gasteiger partial charge in [-0.3, -0.25) is 9.69 Å². The van der Waals surface area contributed by atoms with Crippen LogP contribution in [0.15, 0.2) is 18.2 Å². The van der Waals surface area contributed by atoms with Crippen LogP contribution in [0.4, 0.5) is 11.4 Å². The SMILES string of the molecule is Nc1cccc2c1NC(=O)C(N1CCSCC1)C2. The minimum absolute atomic E-state index is 0.0276. The van der Waals surface area contributed by atoms with Crippen LogP contribution in [0.5, 0.6) is 0 Å². The molecule has 5 heteroatoms. The molecule has 1 unspecified atom stereocenters. The molecule has 1 saturated heterocycles. The van der Waals surface area contributed by atoms with Crippen LogP contribution < -0.4 is 11.1 Å². The van der Waals surface area contributed by atoms with E-state index < -0.39 is 0 Å². The molecule has 0 radical (unpaired) electrons. The van der Waals surface area contributed by atoms with Gasteiger partial charge in [0.05, 0.1) is 17.4 Å². The van der Waals surface area contributed by atoms with Crippen LogP contribution in [-0.4, -0.2) is 41.4 Å². The van der Waals surface area contributed by atoms with Crippen molar-refractivity contribution in [3.05, 3.63) is 23.8 Å². The lowest BCUT2D eigenvalue weighted by Crippen LogP contribution is -2.50. The first-order chi connectivity index (χ1) is 8.75. The van der Waals surface area contributed by atoms with E-state index in [0.29, 0.717) is 5.69 Å². The first-order valence-electron chi connectivity index (χ1n) is 6.26. The van der Waals surface area contributed by atoms with Crippen molar-refractivity contribution in [3.8, 4) is 0 Å². The van der Waals surface area contributed by atoms with Crippen molar-refractivity contribution < 1.29 is 4.79 Å². The maximum Gasteiger partial charge on any atom is 0.242 e. The third-order valence-electron chi connectivity index (χ3n) is 3.63. The number of nitrogen functional groups attached to an aromatic ring is 1. The molecule has 0 bridgehead atoms. The monoisotopic (exact) mass is 263 g/mol. The van der Waals surface area contributed by atoms with Gasteiger partial charge < -0.3 is 11.1 Å². The molecule has 1 fully saturated rings. The fourth-order valence-corrected chi connectivity index (χ4v) is 3.57. The van der Waals surface area contributed by atoms with Gasteiger partial charge in [0.2, 0.25) is 5.91 Å². The van der Waals surface area contributed by atoms with E-state index in [1.165, 1.54) is 0 Å². The van der Waals surface area contributed by atoms with Crippen molar-refractivity contribution in [1.29, 1.82) is 0 Å². The Morgan fingerprint density at radius 1 is 1.33 bits per heavy atom. The highest BCUT2D eigenvalue weighted by molar-refractivity contribution is 7.99. The molecule has 0 aliphatic carbocycles. The summed E-state index contributed by atoms with van der Waals surface area (Å²) in [6.45, 7) is 2.00. The Balaban J connectivity index is 1.85. The molecule has 96 valence electrons. The maximum absolute atomic E-state index is 12.2. The predicted octanol–water partition coefficient (Wildman–Crippen LogP) is 1.18. The number of anilines is 2. The molecule has 1 aromatic carbocycles. The first-order valence-corrected chi connectivity index (χ1v) is 7.41. The van der Waals surface area contributed by atoms with E-state index in [2.05, 4.69) is 16.3 Å². The molecule has 2 aliphatic rings. The number of thioether (sulfide) groups is 1. The minimum atomic E-state index is -0.0276. The second kappa shape index (κ2) is 4.82. The van der Waals surface area contributed by atoms with E-state index in [-0.39, 0.29) is 11.9 Å². The zero-order valence-corrected chi connectivity index (χ0v) is 11.0. The fraction of sp³-hybridized carbons (Fsp3) is 0.462. The number of nitrogens with zero attached hydrogens (tertiary/aromatic N) is 1. The molecule has 0 spiro atoms. The summed E-state index contributed by atoms with van der Waals surface area (Å²) in [5.74, 6) is 2.33. The Hall–Kier alpha value is -1.20. The van der Waals surface area contributed by atoms with Gasteiger partial charge in [0.25, 0.3) is 0 Å². The number of carbonyl (C=O) groups is 1. The second-order valence-electron chi connectivity index (χ2n) is 4.74. The van der Waals surface area contributed by atoms with Crippen molar-refractivity contribution in [1.82, 2.24) is 4.90 Å². The van der Waals surface area contributed by atoms with Gasteiger partial charge >= 0.3 is 0 Å². The Morgan fingerprint density at radius 3 is 2.89 bits per heavy atom. The van der Waals surface area contributed by atoms with E-state index in [1.807, 2.05) is 23.9 Å². The van der Waals surface area contributed by atoms with E-state index in [9.17, 15) is 4.79 Å².